The van der Waals surface area contributed by atoms with E-state index in [0.717, 1.165) is 12.8 Å². The molecule has 0 spiro atoms. The number of esters is 1. The first kappa shape index (κ1) is 14.5. The van der Waals surface area contributed by atoms with E-state index >= 15 is 0 Å². The van der Waals surface area contributed by atoms with Crippen molar-refractivity contribution < 1.29 is 9.53 Å². The van der Waals surface area contributed by atoms with E-state index in [-0.39, 0.29) is 5.97 Å². The summed E-state index contributed by atoms with van der Waals surface area (Å²) in [6.45, 7) is 1.97. The zero-order valence-electron chi connectivity index (χ0n) is 10.2. The van der Waals surface area contributed by atoms with Gasteiger partial charge in [0.25, 0.3) is 0 Å². The highest BCUT2D eigenvalue weighted by molar-refractivity contribution is 14.1. The summed E-state index contributed by atoms with van der Waals surface area (Å²) < 4.78 is 6.46. The number of aryl methyl sites for hydroxylation is 1. The van der Waals surface area contributed by atoms with Crippen LogP contribution in [0.25, 0.3) is 0 Å². The Hall–Kier alpha value is -0.580. The van der Waals surface area contributed by atoms with Gasteiger partial charge < -0.3 is 4.74 Å². The molecule has 94 valence electrons. The Morgan fingerprint density at radius 2 is 2.18 bits per heavy atom. The van der Waals surface area contributed by atoms with Crippen LogP contribution in [0.15, 0.2) is 24.3 Å². The maximum absolute atomic E-state index is 11.4. The topological polar surface area (TPSA) is 26.3 Å². The number of benzene rings is 1. The number of carbonyl (C=O) groups excluding carboxylic acids is 1. The van der Waals surface area contributed by atoms with Gasteiger partial charge in [-0.15, -0.1) is 0 Å². The SMILES string of the molecule is CCCC(=O)Oc1cccc(CCCCI)c1. The van der Waals surface area contributed by atoms with Crippen LogP contribution in [0, 0.1) is 0 Å². The van der Waals surface area contributed by atoms with Crippen molar-refractivity contribution in [1.29, 1.82) is 0 Å². The number of halogens is 1. The third-order valence-electron chi connectivity index (χ3n) is 2.43. The fourth-order valence-corrected chi connectivity index (χ4v) is 2.11. The van der Waals surface area contributed by atoms with Crippen molar-refractivity contribution in [3.63, 3.8) is 0 Å². The molecule has 0 aromatic heterocycles. The molecule has 17 heavy (non-hydrogen) atoms. The highest BCUT2D eigenvalue weighted by Crippen LogP contribution is 2.16. The summed E-state index contributed by atoms with van der Waals surface area (Å²) in [5, 5.41) is 0. The van der Waals surface area contributed by atoms with Crippen molar-refractivity contribution in [1.82, 2.24) is 0 Å². The smallest absolute Gasteiger partial charge is 0.311 e. The zero-order valence-corrected chi connectivity index (χ0v) is 12.4. The molecule has 0 aliphatic heterocycles. The van der Waals surface area contributed by atoms with Gasteiger partial charge in [0, 0.05) is 6.42 Å². The van der Waals surface area contributed by atoms with E-state index in [9.17, 15) is 4.79 Å². The van der Waals surface area contributed by atoms with Gasteiger partial charge >= 0.3 is 5.97 Å². The Morgan fingerprint density at radius 1 is 1.35 bits per heavy atom. The van der Waals surface area contributed by atoms with Crippen LogP contribution in [0.2, 0.25) is 0 Å². The molecule has 0 saturated heterocycles. The fraction of sp³-hybridized carbons (Fsp3) is 0.500. The summed E-state index contributed by atoms with van der Waals surface area (Å²) in [5.74, 6) is 0.535. The quantitative estimate of drug-likeness (QED) is 0.244. The molecular weight excluding hydrogens is 327 g/mol. The molecule has 3 heteroatoms. The van der Waals surface area contributed by atoms with Crippen molar-refractivity contribution in [2.45, 2.75) is 39.0 Å². The Labute approximate surface area is 117 Å². The van der Waals surface area contributed by atoms with Crippen molar-refractivity contribution in [3.8, 4) is 5.75 Å². The molecule has 0 unspecified atom stereocenters. The second-order valence-electron chi connectivity index (χ2n) is 4.02. The van der Waals surface area contributed by atoms with Crippen LogP contribution in [0.5, 0.6) is 5.75 Å². The van der Waals surface area contributed by atoms with E-state index in [1.54, 1.807) is 0 Å². The third-order valence-corrected chi connectivity index (χ3v) is 3.20. The number of ether oxygens (including phenoxy) is 1. The monoisotopic (exact) mass is 346 g/mol. The molecule has 0 saturated carbocycles. The number of carbonyl (C=O) groups is 1. The second-order valence-corrected chi connectivity index (χ2v) is 5.10. The third kappa shape index (κ3) is 6.05. The summed E-state index contributed by atoms with van der Waals surface area (Å²) in [6.07, 6.45) is 4.80. The van der Waals surface area contributed by atoms with Crippen LogP contribution in [-0.4, -0.2) is 10.4 Å². The van der Waals surface area contributed by atoms with Crippen molar-refractivity contribution in [3.05, 3.63) is 29.8 Å². The molecule has 0 bridgehead atoms. The highest BCUT2D eigenvalue weighted by Gasteiger charge is 2.03. The summed E-state index contributed by atoms with van der Waals surface area (Å²) >= 11 is 2.39. The van der Waals surface area contributed by atoms with Gasteiger partial charge in [-0.05, 0) is 47.8 Å². The predicted octanol–water partition coefficient (Wildman–Crippen LogP) is 4.15. The van der Waals surface area contributed by atoms with Crippen molar-refractivity contribution >= 4 is 28.6 Å². The Bertz CT molecular complexity index is 350. The fourth-order valence-electron chi connectivity index (χ4n) is 1.57. The normalized spacial score (nSPS) is 10.2. The van der Waals surface area contributed by atoms with E-state index in [4.69, 9.17) is 4.74 Å². The number of rotatable bonds is 7. The lowest BCUT2D eigenvalue weighted by Gasteiger charge is -2.06. The van der Waals surface area contributed by atoms with E-state index in [1.807, 2.05) is 25.1 Å². The molecule has 1 aromatic carbocycles. The van der Waals surface area contributed by atoms with Gasteiger partial charge in [0.05, 0.1) is 0 Å². The van der Waals surface area contributed by atoms with E-state index in [1.165, 1.54) is 22.8 Å². The number of hydrogen-bond acceptors (Lipinski definition) is 2. The van der Waals surface area contributed by atoms with E-state index in [0.29, 0.717) is 12.2 Å². The molecule has 0 aliphatic carbocycles. The maximum Gasteiger partial charge on any atom is 0.311 e. The maximum atomic E-state index is 11.4. The first-order chi connectivity index (χ1) is 8.26. The van der Waals surface area contributed by atoms with Crippen LogP contribution >= 0.6 is 22.6 Å². The van der Waals surface area contributed by atoms with Gasteiger partial charge in [0.1, 0.15) is 5.75 Å². The minimum atomic E-state index is -0.142. The largest absolute Gasteiger partial charge is 0.427 e. The number of unbranched alkanes of at least 4 members (excludes halogenated alkanes) is 1. The van der Waals surface area contributed by atoms with Crippen LogP contribution in [0.1, 0.15) is 38.2 Å². The van der Waals surface area contributed by atoms with Crippen LogP contribution in [0.4, 0.5) is 0 Å². The lowest BCUT2D eigenvalue weighted by Crippen LogP contribution is -2.06. The van der Waals surface area contributed by atoms with Crippen LogP contribution in [0.3, 0.4) is 0 Å². The average molecular weight is 346 g/mol. The molecule has 2 nitrogen and oxygen atoms in total. The molecule has 1 rings (SSSR count). The summed E-state index contributed by atoms with van der Waals surface area (Å²) in [5.41, 5.74) is 1.25. The Balaban J connectivity index is 2.50. The summed E-state index contributed by atoms with van der Waals surface area (Å²) in [4.78, 5) is 11.4. The highest BCUT2D eigenvalue weighted by atomic mass is 127. The first-order valence-corrected chi connectivity index (χ1v) is 7.64. The number of hydrogen-bond donors (Lipinski definition) is 0. The van der Waals surface area contributed by atoms with E-state index in [2.05, 4.69) is 28.7 Å². The second kappa shape index (κ2) is 8.50. The molecule has 1 aromatic rings. The molecule has 0 amide bonds. The van der Waals surface area contributed by atoms with Gasteiger partial charge in [0.2, 0.25) is 0 Å². The lowest BCUT2D eigenvalue weighted by atomic mass is 10.1. The molecule has 0 N–H and O–H groups in total. The van der Waals surface area contributed by atoms with Crippen molar-refractivity contribution in [2.24, 2.45) is 0 Å². The predicted molar refractivity (Wildman–Crippen MR) is 78.8 cm³/mol. The summed E-state index contributed by atoms with van der Waals surface area (Å²) in [6, 6.07) is 7.86. The minimum Gasteiger partial charge on any atom is -0.427 e. The van der Waals surface area contributed by atoms with Crippen LogP contribution < -0.4 is 4.74 Å². The lowest BCUT2D eigenvalue weighted by molar-refractivity contribution is -0.134. The first-order valence-electron chi connectivity index (χ1n) is 6.12. The Morgan fingerprint density at radius 3 is 2.88 bits per heavy atom. The van der Waals surface area contributed by atoms with Gasteiger partial charge in [-0.2, -0.15) is 0 Å². The molecular formula is C14H19IO2. The van der Waals surface area contributed by atoms with Crippen LogP contribution in [-0.2, 0) is 11.2 Å². The van der Waals surface area contributed by atoms with Gasteiger partial charge in [0.15, 0.2) is 0 Å². The van der Waals surface area contributed by atoms with E-state index < -0.39 is 0 Å². The Kier molecular flexibility index (Phi) is 7.24. The average Bonchev–Trinajstić information content (AvgIpc) is 2.30. The molecule has 0 heterocycles. The molecule has 0 radical (unpaired) electrons. The molecule has 0 fully saturated rings. The standard InChI is InChI=1S/C14H19IO2/c1-2-6-14(16)17-13-9-5-8-12(11-13)7-3-4-10-15/h5,8-9,11H,2-4,6-7,10H2,1H3. The number of alkyl halides is 1. The van der Waals surface area contributed by atoms with Crippen molar-refractivity contribution in [2.75, 3.05) is 4.43 Å². The van der Waals surface area contributed by atoms with Gasteiger partial charge in [-0.3, -0.25) is 4.79 Å². The molecule has 0 aliphatic rings. The van der Waals surface area contributed by atoms with Gasteiger partial charge in [-0.25, -0.2) is 0 Å². The summed E-state index contributed by atoms with van der Waals surface area (Å²) in [7, 11) is 0. The minimum absolute atomic E-state index is 0.142. The molecule has 0 atom stereocenters. The van der Waals surface area contributed by atoms with Gasteiger partial charge in [-0.1, -0.05) is 41.6 Å². The zero-order chi connectivity index (χ0) is 12.5.